The van der Waals surface area contributed by atoms with E-state index in [1.165, 1.54) is 24.4 Å². The number of rotatable bonds is 1. The van der Waals surface area contributed by atoms with E-state index in [-0.39, 0.29) is 11.3 Å². The fraction of sp³-hybridized carbons (Fsp3) is 0.143. The van der Waals surface area contributed by atoms with Gasteiger partial charge in [-0.15, -0.1) is 0 Å². The molecule has 1 aliphatic rings. The monoisotopic (exact) mass is 324 g/mol. The number of hydrogen-bond acceptors (Lipinski definition) is 3. The van der Waals surface area contributed by atoms with Crippen LogP contribution in [0.2, 0.25) is 5.15 Å². The van der Waals surface area contributed by atoms with Gasteiger partial charge in [0, 0.05) is 23.3 Å². The number of H-pyrrole nitrogens is 1. The maximum Gasteiger partial charge on any atom is 0.429 e. The summed E-state index contributed by atoms with van der Waals surface area (Å²) in [6.07, 6.45) is -2.89. The van der Waals surface area contributed by atoms with E-state index in [1.807, 2.05) is 6.07 Å². The molecule has 1 aromatic carbocycles. The average Bonchev–Trinajstić information content (AvgIpc) is 2.84. The summed E-state index contributed by atoms with van der Waals surface area (Å²) < 4.78 is 39.4. The molecule has 1 atom stereocenters. The van der Waals surface area contributed by atoms with Gasteiger partial charge < -0.3 is 9.88 Å². The molecule has 1 aliphatic heterocycles. The van der Waals surface area contributed by atoms with Crippen molar-refractivity contribution >= 4 is 34.4 Å². The Morgan fingerprint density at radius 1 is 1.32 bits per heavy atom. The summed E-state index contributed by atoms with van der Waals surface area (Å²) in [5.74, 6) is 0. The quantitative estimate of drug-likeness (QED) is 0.862. The lowest BCUT2D eigenvalue weighted by atomic mass is 10.1. The van der Waals surface area contributed by atoms with Crippen LogP contribution in [0.4, 0.5) is 18.9 Å². The molecule has 0 saturated carbocycles. The molecule has 0 bridgehead atoms. The molecule has 0 aliphatic carbocycles. The molecular weight excluding hydrogens is 317 g/mol. The molecule has 0 saturated heterocycles. The third-order valence-corrected chi connectivity index (χ3v) is 3.42. The standard InChI is InChI=1S/C14H8ClF3N4/c15-12-6-8-5-11(9(7-19)4-10(8)21-12)22-3-1-2-20-13(22)14(16,17)18/h1-6,13,21H. The lowest BCUT2D eigenvalue weighted by Gasteiger charge is -2.31. The van der Waals surface area contributed by atoms with Crippen molar-refractivity contribution in [2.24, 2.45) is 4.99 Å². The highest BCUT2D eigenvalue weighted by atomic mass is 35.5. The molecule has 0 radical (unpaired) electrons. The van der Waals surface area contributed by atoms with E-state index in [9.17, 15) is 18.4 Å². The van der Waals surface area contributed by atoms with E-state index in [2.05, 4.69) is 9.98 Å². The summed E-state index contributed by atoms with van der Waals surface area (Å²) in [7, 11) is 0. The molecule has 2 aromatic rings. The molecule has 1 aromatic heterocycles. The van der Waals surface area contributed by atoms with Gasteiger partial charge in [0.15, 0.2) is 0 Å². The number of allylic oxidation sites excluding steroid dienone is 1. The maximum absolute atomic E-state index is 13.1. The summed E-state index contributed by atoms with van der Waals surface area (Å²) in [5, 5.41) is 10.2. The van der Waals surface area contributed by atoms with Crippen molar-refractivity contribution < 1.29 is 13.2 Å². The third kappa shape index (κ3) is 2.42. The maximum atomic E-state index is 13.1. The number of hydrogen-bond donors (Lipinski definition) is 1. The fourth-order valence-corrected chi connectivity index (χ4v) is 2.53. The lowest BCUT2D eigenvalue weighted by molar-refractivity contribution is -0.145. The average molecular weight is 325 g/mol. The van der Waals surface area contributed by atoms with Crippen LogP contribution < -0.4 is 4.90 Å². The fourth-order valence-electron chi connectivity index (χ4n) is 2.31. The Labute approximate surface area is 128 Å². The van der Waals surface area contributed by atoms with E-state index in [0.717, 1.165) is 11.1 Å². The van der Waals surface area contributed by atoms with Crippen molar-refractivity contribution in [1.82, 2.24) is 4.98 Å². The number of nitrogens with one attached hydrogen (secondary N) is 1. The molecule has 4 nitrogen and oxygen atoms in total. The zero-order valence-corrected chi connectivity index (χ0v) is 11.7. The first kappa shape index (κ1) is 14.5. The van der Waals surface area contributed by atoms with E-state index >= 15 is 0 Å². The summed E-state index contributed by atoms with van der Waals surface area (Å²) in [4.78, 5) is 7.23. The van der Waals surface area contributed by atoms with Crippen molar-refractivity contribution in [3.8, 4) is 6.07 Å². The highest BCUT2D eigenvalue weighted by molar-refractivity contribution is 6.30. The van der Waals surface area contributed by atoms with E-state index in [0.29, 0.717) is 16.1 Å². The van der Waals surface area contributed by atoms with Crippen molar-refractivity contribution in [3.63, 3.8) is 0 Å². The van der Waals surface area contributed by atoms with E-state index in [4.69, 9.17) is 11.6 Å². The summed E-state index contributed by atoms with van der Waals surface area (Å²) in [6, 6.07) is 6.45. The van der Waals surface area contributed by atoms with Crippen molar-refractivity contribution in [3.05, 3.63) is 41.2 Å². The Morgan fingerprint density at radius 2 is 2.09 bits per heavy atom. The van der Waals surface area contributed by atoms with Crippen molar-refractivity contribution in [2.45, 2.75) is 12.3 Å². The number of alkyl halides is 3. The van der Waals surface area contributed by atoms with Gasteiger partial charge in [0.1, 0.15) is 11.2 Å². The van der Waals surface area contributed by atoms with Crippen LogP contribution in [0.15, 0.2) is 35.5 Å². The van der Waals surface area contributed by atoms with Gasteiger partial charge >= 0.3 is 6.18 Å². The number of fused-ring (bicyclic) bond motifs is 1. The van der Waals surface area contributed by atoms with Gasteiger partial charge in [-0.05, 0) is 24.3 Å². The van der Waals surface area contributed by atoms with Crippen molar-refractivity contribution in [1.29, 1.82) is 5.26 Å². The third-order valence-electron chi connectivity index (χ3n) is 3.22. The second-order valence-electron chi connectivity index (χ2n) is 4.65. The number of aromatic amines is 1. The van der Waals surface area contributed by atoms with E-state index in [1.54, 1.807) is 6.07 Å². The number of anilines is 1. The molecule has 1 unspecified atom stereocenters. The van der Waals surface area contributed by atoms with Crippen LogP contribution in [0.25, 0.3) is 10.9 Å². The summed E-state index contributed by atoms with van der Waals surface area (Å²) in [6.45, 7) is 0. The topological polar surface area (TPSA) is 55.2 Å². The zero-order chi connectivity index (χ0) is 15.9. The Hall–Kier alpha value is -2.46. The number of aromatic nitrogens is 1. The second kappa shape index (κ2) is 5.07. The minimum absolute atomic E-state index is 0.0991. The van der Waals surface area contributed by atoms with Gasteiger partial charge in [0.05, 0.1) is 11.3 Å². The SMILES string of the molecule is N#Cc1cc2[nH]c(Cl)cc2cc1N1C=CC=NC1C(F)(F)F. The van der Waals surface area contributed by atoms with Crippen molar-refractivity contribution in [2.75, 3.05) is 4.90 Å². The Kier molecular flexibility index (Phi) is 3.34. The normalized spacial score (nSPS) is 18.0. The lowest BCUT2D eigenvalue weighted by Crippen LogP contribution is -2.43. The Morgan fingerprint density at radius 3 is 2.77 bits per heavy atom. The summed E-state index contributed by atoms with van der Waals surface area (Å²) in [5.41, 5.74) is 0.807. The van der Waals surface area contributed by atoms with Crippen LogP contribution in [-0.2, 0) is 0 Å². The molecule has 0 amide bonds. The Balaban J connectivity index is 2.17. The number of halogens is 4. The Bertz CT molecular complexity index is 829. The van der Waals surface area contributed by atoms with Gasteiger partial charge in [-0.2, -0.15) is 18.4 Å². The molecule has 0 fully saturated rings. The predicted molar refractivity (Wildman–Crippen MR) is 78.0 cm³/mol. The second-order valence-corrected chi connectivity index (χ2v) is 5.06. The van der Waals surface area contributed by atoms with Gasteiger partial charge in [-0.1, -0.05) is 11.6 Å². The van der Waals surface area contributed by atoms with Crippen LogP contribution >= 0.6 is 11.6 Å². The number of benzene rings is 1. The predicted octanol–water partition coefficient (Wildman–Crippen LogP) is 3.99. The molecule has 3 rings (SSSR count). The molecule has 2 heterocycles. The van der Waals surface area contributed by atoms with E-state index < -0.39 is 12.3 Å². The molecule has 112 valence electrons. The largest absolute Gasteiger partial charge is 0.429 e. The molecule has 8 heteroatoms. The minimum atomic E-state index is -4.56. The van der Waals surface area contributed by atoms with Crippen LogP contribution in [0.1, 0.15) is 5.56 Å². The molecule has 0 spiro atoms. The number of nitrogens with zero attached hydrogens (tertiary/aromatic N) is 3. The smallest absolute Gasteiger partial charge is 0.346 e. The summed E-state index contributed by atoms with van der Waals surface area (Å²) >= 11 is 5.85. The van der Waals surface area contributed by atoms with Gasteiger partial charge in [0.25, 0.3) is 0 Å². The van der Waals surface area contributed by atoms with Crippen LogP contribution in [-0.4, -0.2) is 23.5 Å². The molecular formula is C14H8ClF3N4. The highest BCUT2D eigenvalue weighted by Gasteiger charge is 2.44. The first-order valence-electron chi connectivity index (χ1n) is 6.17. The van der Waals surface area contributed by atoms with Gasteiger partial charge in [-0.3, -0.25) is 4.99 Å². The number of nitriles is 1. The zero-order valence-electron chi connectivity index (χ0n) is 10.9. The first-order valence-corrected chi connectivity index (χ1v) is 6.55. The minimum Gasteiger partial charge on any atom is -0.346 e. The molecule has 1 N–H and O–H groups in total. The van der Waals surface area contributed by atoms with Crippen LogP contribution in [0.5, 0.6) is 0 Å². The molecule has 22 heavy (non-hydrogen) atoms. The number of aliphatic imine (C=N–C) groups is 1. The van der Waals surface area contributed by atoms with Gasteiger partial charge in [-0.25, -0.2) is 0 Å². The van der Waals surface area contributed by atoms with Crippen LogP contribution in [0.3, 0.4) is 0 Å². The first-order chi connectivity index (χ1) is 10.4. The van der Waals surface area contributed by atoms with Crippen LogP contribution in [0, 0.1) is 11.3 Å². The van der Waals surface area contributed by atoms with Gasteiger partial charge in [0.2, 0.25) is 6.17 Å². The highest BCUT2D eigenvalue weighted by Crippen LogP contribution is 2.35.